The van der Waals surface area contributed by atoms with Gasteiger partial charge in [-0.05, 0) is 43.7 Å². The number of hydrogen-bond donors (Lipinski definition) is 0. The Balaban J connectivity index is 1.81. The highest BCUT2D eigenvalue weighted by molar-refractivity contribution is 5.69. The van der Waals surface area contributed by atoms with Crippen molar-refractivity contribution < 1.29 is 14.3 Å². The van der Waals surface area contributed by atoms with Gasteiger partial charge in [0.2, 0.25) is 0 Å². The number of allylic oxidation sites excluding steroid dienone is 2. The van der Waals surface area contributed by atoms with Gasteiger partial charge in [-0.1, -0.05) is 107 Å². The van der Waals surface area contributed by atoms with Crippen LogP contribution in [0.25, 0.3) is 0 Å². The molecule has 0 fully saturated rings. The predicted molar refractivity (Wildman–Crippen MR) is 136 cm³/mol. The van der Waals surface area contributed by atoms with Crippen LogP contribution in [0.15, 0.2) is 54.6 Å². The Morgan fingerprint density at radius 3 is 2.00 bits per heavy atom. The highest BCUT2D eigenvalue weighted by Crippen LogP contribution is 2.10. The summed E-state index contributed by atoms with van der Waals surface area (Å²) in [5.74, 6) is -0.0996. The van der Waals surface area contributed by atoms with E-state index in [0.717, 1.165) is 18.4 Å². The summed E-state index contributed by atoms with van der Waals surface area (Å²) in [6.07, 6.45) is 25.4. The van der Waals surface area contributed by atoms with Crippen LogP contribution in [0.5, 0.6) is 0 Å². The third kappa shape index (κ3) is 18.9. The van der Waals surface area contributed by atoms with Crippen LogP contribution in [-0.2, 0) is 20.9 Å². The lowest BCUT2D eigenvalue weighted by atomic mass is 10.1. The van der Waals surface area contributed by atoms with E-state index in [9.17, 15) is 4.79 Å². The summed E-state index contributed by atoms with van der Waals surface area (Å²) in [5.41, 5.74) is 1.16. The van der Waals surface area contributed by atoms with Gasteiger partial charge in [0.05, 0.1) is 13.2 Å². The Labute approximate surface area is 197 Å². The maximum absolute atomic E-state index is 11.8. The summed E-state index contributed by atoms with van der Waals surface area (Å²) in [5, 5.41) is 0. The minimum Gasteiger partial charge on any atom is -0.461 e. The third-order valence-electron chi connectivity index (χ3n) is 5.48. The molecule has 0 aliphatic carbocycles. The molecule has 3 nitrogen and oxygen atoms in total. The maximum atomic E-state index is 11.8. The molecule has 1 rings (SSSR count). The van der Waals surface area contributed by atoms with Crippen LogP contribution in [0.1, 0.15) is 102 Å². The summed E-state index contributed by atoms with van der Waals surface area (Å²) in [6, 6.07) is 10.1. The summed E-state index contributed by atoms with van der Waals surface area (Å²) in [6.45, 7) is 3.72. The zero-order valence-corrected chi connectivity index (χ0v) is 20.4. The van der Waals surface area contributed by atoms with E-state index in [1.165, 1.54) is 70.6 Å². The molecule has 32 heavy (non-hydrogen) atoms. The minimum absolute atomic E-state index is 0.0996. The summed E-state index contributed by atoms with van der Waals surface area (Å²) in [7, 11) is 0. The Kier molecular flexibility index (Phi) is 19.7. The predicted octanol–water partition coefficient (Wildman–Crippen LogP) is 8.34. The number of unbranched alkanes of at least 4 members (excludes halogenated alkanes) is 11. The van der Waals surface area contributed by atoms with Gasteiger partial charge in [-0.25, -0.2) is 0 Å². The van der Waals surface area contributed by atoms with Gasteiger partial charge in [0.1, 0.15) is 6.61 Å². The monoisotopic (exact) mass is 442 g/mol. The van der Waals surface area contributed by atoms with Gasteiger partial charge in [0.15, 0.2) is 0 Å². The molecule has 1 aromatic rings. The number of carbonyl (C=O) groups is 1. The van der Waals surface area contributed by atoms with E-state index >= 15 is 0 Å². The molecule has 0 saturated heterocycles. The van der Waals surface area contributed by atoms with Crippen LogP contribution in [0.3, 0.4) is 0 Å². The summed E-state index contributed by atoms with van der Waals surface area (Å²) < 4.78 is 10.8. The highest BCUT2D eigenvalue weighted by atomic mass is 16.5. The van der Waals surface area contributed by atoms with Crippen molar-refractivity contribution in [1.82, 2.24) is 0 Å². The van der Waals surface area contributed by atoms with E-state index < -0.39 is 0 Å². The van der Waals surface area contributed by atoms with Crippen molar-refractivity contribution in [3.8, 4) is 0 Å². The number of benzene rings is 1. The van der Waals surface area contributed by atoms with Crippen LogP contribution < -0.4 is 0 Å². The first-order chi connectivity index (χ1) is 15.8. The Bertz CT molecular complexity index is 592. The topological polar surface area (TPSA) is 35.5 Å². The average Bonchev–Trinajstić information content (AvgIpc) is 2.81. The Hall–Kier alpha value is -1.87. The van der Waals surface area contributed by atoms with Gasteiger partial charge < -0.3 is 9.47 Å². The molecule has 3 heteroatoms. The van der Waals surface area contributed by atoms with Gasteiger partial charge in [0, 0.05) is 6.42 Å². The van der Waals surface area contributed by atoms with E-state index in [0.29, 0.717) is 26.2 Å². The molecular weight excluding hydrogens is 396 g/mol. The van der Waals surface area contributed by atoms with Crippen molar-refractivity contribution in [3.05, 3.63) is 60.2 Å². The van der Waals surface area contributed by atoms with Crippen LogP contribution >= 0.6 is 0 Å². The molecule has 0 heterocycles. The quantitative estimate of drug-likeness (QED) is 0.109. The maximum Gasteiger partial charge on any atom is 0.306 e. The Morgan fingerprint density at radius 2 is 1.31 bits per heavy atom. The molecule has 0 saturated carbocycles. The van der Waals surface area contributed by atoms with Gasteiger partial charge >= 0.3 is 5.97 Å². The SMILES string of the molecule is CCCCCCCC/C=C\CCCCCCCC(=O)OCC=CCOCc1ccccc1. The standard InChI is InChI=1S/C29H46O3/c1-2-3-4-5-6-7-8-9-10-11-12-13-14-15-19-24-29(30)32-26-21-20-25-31-27-28-22-17-16-18-23-28/h9-10,16-18,20-23H,2-8,11-15,19,24-27H2,1H3/b10-9-,21-20?. The lowest BCUT2D eigenvalue weighted by Crippen LogP contribution is -2.04. The summed E-state index contributed by atoms with van der Waals surface area (Å²) >= 11 is 0. The van der Waals surface area contributed by atoms with Gasteiger partial charge in [-0.3, -0.25) is 4.79 Å². The molecular formula is C29H46O3. The smallest absolute Gasteiger partial charge is 0.306 e. The van der Waals surface area contributed by atoms with Crippen LogP contribution in [0.2, 0.25) is 0 Å². The average molecular weight is 443 g/mol. The molecule has 0 atom stereocenters. The fraction of sp³-hybridized carbons (Fsp3) is 0.621. The van der Waals surface area contributed by atoms with E-state index in [4.69, 9.17) is 9.47 Å². The van der Waals surface area contributed by atoms with E-state index in [2.05, 4.69) is 19.1 Å². The lowest BCUT2D eigenvalue weighted by molar-refractivity contribution is -0.142. The van der Waals surface area contributed by atoms with Crippen molar-refractivity contribution in [2.24, 2.45) is 0 Å². The van der Waals surface area contributed by atoms with Crippen LogP contribution in [-0.4, -0.2) is 19.2 Å². The molecule has 0 unspecified atom stereocenters. The van der Waals surface area contributed by atoms with Crippen LogP contribution in [0, 0.1) is 0 Å². The number of esters is 1. The van der Waals surface area contributed by atoms with Crippen molar-refractivity contribution >= 4 is 5.97 Å². The first-order valence-corrected chi connectivity index (χ1v) is 12.9. The van der Waals surface area contributed by atoms with Crippen molar-refractivity contribution in [2.75, 3.05) is 13.2 Å². The van der Waals surface area contributed by atoms with Gasteiger partial charge in [0.25, 0.3) is 0 Å². The van der Waals surface area contributed by atoms with Crippen molar-refractivity contribution in [2.45, 2.75) is 103 Å². The molecule has 180 valence electrons. The Morgan fingerprint density at radius 1 is 0.719 bits per heavy atom. The summed E-state index contributed by atoms with van der Waals surface area (Å²) in [4.78, 5) is 11.8. The second-order valence-corrected chi connectivity index (χ2v) is 8.49. The third-order valence-corrected chi connectivity index (χ3v) is 5.48. The minimum atomic E-state index is -0.0996. The van der Waals surface area contributed by atoms with Crippen LogP contribution in [0.4, 0.5) is 0 Å². The highest BCUT2D eigenvalue weighted by Gasteiger charge is 2.01. The molecule has 0 amide bonds. The second-order valence-electron chi connectivity index (χ2n) is 8.49. The number of rotatable bonds is 21. The zero-order valence-electron chi connectivity index (χ0n) is 20.4. The first-order valence-electron chi connectivity index (χ1n) is 12.9. The number of hydrogen-bond acceptors (Lipinski definition) is 3. The fourth-order valence-electron chi connectivity index (χ4n) is 3.51. The molecule has 0 radical (unpaired) electrons. The van der Waals surface area contributed by atoms with Crippen molar-refractivity contribution in [1.29, 1.82) is 0 Å². The molecule has 0 aliphatic heterocycles. The molecule has 0 N–H and O–H groups in total. The fourth-order valence-corrected chi connectivity index (χ4v) is 3.51. The zero-order chi connectivity index (χ0) is 23.0. The lowest BCUT2D eigenvalue weighted by Gasteiger charge is -2.03. The number of ether oxygens (including phenoxy) is 2. The van der Waals surface area contributed by atoms with E-state index in [1.807, 2.05) is 42.5 Å². The molecule has 0 aromatic heterocycles. The molecule has 0 bridgehead atoms. The van der Waals surface area contributed by atoms with Gasteiger partial charge in [-0.15, -0.1) is 0 Å². The largest absolute Gasteiger partial charge is 0.461 e. The van der Waals surface area contributed by atoms with E-state index in [1.54, 1.807) is 0 Å². The van der Waals surface area contributed by atoms with E-state index in [-0.39, 0.29) is 5.97 Å². The molecule has 0 aliphatic rings. The normalized spacial score (nSPS) is 11.5. The first kappa shape index (κ1) is 28.2. The number of carbonyl (C=O) groups excluding carboxylic acids is 1. The molecule has 0 spiro atoms. The van der Waals surface area contributed by atoms with Crippen molar-refractivity contribution in [3.63, 3.8) is 0 Å². The van der Waals surface area contributed by atoms with Gasteiger partial charge in [-0.2, -0.15) is 0 Å². The molecule has 1 aromatic carbocycles. The second kappa shape index (κ2) is 22.3.